The van der Waals surface area contributed by atoms with E-state index in [4.69, 9.17) is 17.3 Å². The van der Waals surface area contributed by atoms with Crippen LogP contribution in [0.4, 0.5) is 5.95 Å². The molecule has 3 nitrogen and oxygen atoms in total. The molecule has 0 spiro atoms. The molecular formula is C15H20ClN3. The van der Waals surface area contributed by atoms with Crippen LogP contribution in [0.1, 0.15) is 39.2 Å². The minimum atomic E-state index is 0.446. The number of imidazole rings is 1. The highest BCUT2D eigenvalue weighted by atomic mass is 35.5. The Labute approximate surface area is 118 Å². The van der Waals surface area contributed by atoms with Crippen molar-refractivity contribution in [2.75, 3.05) is 5.73 Å². The van der Waals surface area contributed by atoms with Gasteiger partial charge in [0.05, 0.1) is 10.5 Å². The van der Waals surface area contributed by atoms with Crippen LogP contribution in [0.3, 0.4) is 0 Å². The van der Waals surface area contributed by atoms with Crippen molar-refractivity contribution in [3.63, 3.8) is 0 Å². The van der Waals surface area contributed by atoms with Gasteiger partial charge in [0.15, 0.2) is 0 Å². The maximum Gasteiger partial charge on any atom is 0.201 e. The Morgan fingerprint density at radius 2 is 1.89 bits per heavy atom. The quantitative estimate of drug-likeness (QED) is 0.846. The van der Waals surface area contributed by atoms with Crippen molar-refractivity contribution in [1.82, 2.24) is 9.55 Å². The van der Waals surface area contributed by atoms with Gasteiger partial charge in [-0.05, 0) is 43.2 Å². The third-order valence-electron chi connectivity index (χ3n) is 4.22. The maximum absolute atomic E-state index is 6.21. The Kier molecular flexibility index (Phi) is 3.17. The van der Waals surface area contributed by atoms with E-state index in [1.54, 1.807) is 0 Å². The molecular weight excluding hydrogens is 258 g/mol. The summed E-state index contributed by atoms with van der Waals surface area (Å²) in [4.78, 5) is 4.45. The summed E-state index contributed by atoms with van der Waals surface area (Å²) in [6.45, 7) is 4.65. The minimum Gasteiger partial charge on any atom is -0.369 e. The summed E-state index contributed by atoms with van der Waals surface area (Å²) in [5.41, 5.74) is 8.03. The number of rotatable bonds is 1. The van der Waals surface area contributed by atoms with Gasteiger partial charge in [-0.1, -0.05) is 31.5 Å². The molecule has 0 radical (unpaired) electrons. The summed E-state index contributed by atoms with van der Waals surface area (Å²) in [6.07, 6.45) is 3.66. The lowest BCUT2D eigenvalue weighted by Crippen LogP contribution is -2.23. The number of para-hydroxylation sites is 1. The van der Waals surface area contributed by atoms with E-state index in [0.717, 1.165) is 22.9 Å². The molecule has 102 valence electrons. The molecule has 4 heteroatoms. The lowest BCUT2D eigenvalue weighted by atomic mass is 9.80. The van der Waals surface area contributed by atoms with Crippen LogP contribution in [-0.2, 0) is 0 Å². The van der Waals surface area contributed by atoms with Crippen LogP contribution < -0.4 is 5.73 Å². The largest absolute Gasteiger partial charge is 0.369 e. The normalized spacial score (nSPS) is 27.8. The first kappa shape index (κ1) is 12.8. The number of hydrogen-bond donors (Lipinski definition) is 1. The lowest BCUT2D eigenvalue weighted by molar-refractivity contribution is 0.226. The highest BCUT2D eigenvalue weighted by Crippen LogP contribution is 2.39. The second-order valence-corrected chi connectivity index (χ2v) is 6.43. The van der Waals surface area contributed by atoms with E-state index in [0.29, 0.717) is 17.0 Å². The second kappa shape index (κ2) is 4.71. The van der Waals surface area contributed by atoms with Gasteiger partial charge in [-0.2, -0.15) is 0 Å². The maximum atomic E-state index is 6.21. The van der Waals surface area contributed by atoms with Crippen molar-refractivity contribution in [1.29, 1.82) is 0 Å². The molecule has 0 aliphatic heterocycles. The predicted octanol–water partition coefficient (Wildman–Crippen LogP) is 4.27. The fraction of sp³-hybridized carbons (Fsp3) is 0.533. The fourth-order valence-electron chi connectivity index (χ4n) is 3.60. The summed E-state index contributed by atoms with van der Waals surface area (Å²) in [7, 11) is 0. The molecule has 2 atom stereocenters. The zero-order valence-corrected chi connectivity index (χ0v) is 12.2. The van der Waals surface area contributed by atoms with Gasteiger partial charge in [0.2, 0.25) is 5.95 Å². The molecule has 1 heterocycles. The zero-order chi connectivity index (χ0) is 13.6. The van der Waals surface area contributed by atoms with Gasteiger partial charge in [0.25, 0.3) is 0 Å². The molecule has 2 aromatic rings. The standard InChI is InChI=1S/C15H20ClN3/c1-9-6-10(2)8-11(7-9)19-13-5-3-4-12(16)14(13)18-15(19)17/h3-5,9-11H,6-8H2,1-2H3,(H2,17,18). The second-order valence-electron chi connectivity index (χ2n) is 6.02. The van der Waals surface area contributed by atoms with E-state index >= 15 is 0 Å². The summed E-state index contributed by atoms with van der Waals surface area (Å²) in [5, 5.41) is 0.680. The van der Waals surface area contributed by atoms with E-state index in [1.807, 2.05) is 12.1 Å². The molecule has 2 N–H and O–H groups in total. The van der Waals surface area contributed by atoms with Crippen molar-refractivity contribution in [3.05, 3.63) is 23.2 Å². The Hall–Kier alpha value is -1.22. The highest BCUT2D eigenvalue weighted by molar-refractivity contribution is 6.35. The van der Waals surface area contributed by atoms with Gasteiger partial charge >= 0.3 is 0 Å². The molecule has 0 saturated heterocycles. The minimum absolute atomic E-state index is 0.446. The Bertz CT molecular complexity index is 595. The topological polar surface area (TPSA) is 43.8 Å². The van der Waals surface area contributed by atoms with E-state index in [2.05, 4.69) is 29.5 Å². The third kappa shape index (κ3) is 2.20. The van der Waals surface area contributed by atoms with Gasteiger partial charge in [0.1, 0.15) is 5.52 Å². The number of halogens is 1. The van der Waals surface area contributed by atoms with Gasteiger partial charge in [-0.3, -0.25) is 0 Å². The first-order valence-electron chi connectivity index (χ1n) is 6.98. The summed E-state index contributed by atoms with van der Waals surface area (Å²) in [5.74, 6) is 2.07. The van der Waals surface area contributed by atoms with Crippen molar-refractivity contribution >= 4 is 28.6 Å². The third-order valence-corrected chi connectivity index (χ3v) is 4.52. The summed E-state index contributed by atoms with van der Waals surface area (Å²) < 4.78 is 2.19. The van der Waals surface area contributed by atoms with Gasteiger partial charge in [-0.15, -0.1) is 0 Å². The molecule has 1 fully saturated rings. The fourth-order valence-corrected chi connectivity index (χ4v) is 3.81. The zero-order valence-electron chi connectivity index (χ0n) is 11.4. The van der Waals surface area contributed by atoms with E-state index in [9.17, 15) is 0 Å². The van der Waals surface area contributed by atoms with Crippen LogP contribution in [-0.4, -0.2) is 9.55 Å². The monoisotopic (exact) mass is 277 g/mol. The van der Waals surface area contributed by atoms with Crippen LogP contribution in [0.25, 0.3) is 11.0 Å². The molecule has 0 bridgehead atoms. The van der Waals surface area contributed by atoms with E-state index < -0.39 is 0 Å². The van der Waals surface area contributed by atoms with Crippen LogP contribution in [0.5, 0.6) is 0 Å². The Balaban J connectivity index is 2.09. The first-order chi connectivity index (χ1) is 9.06. The number of nitrogens with zero attached hydrogens (tertiary/aromatic N) is 2. The van der Waals surface area contributed by atoms with Crippen molar-refractivity contribution < 1.29 is 0 Å². The molecule has 1 aromatic heterocycles. The molecule has 1 aliphatic rings. The number of anilines is 1. The average Bonchev–Trinajstić information content (AvgIpc) is 2.65. The molecule has 1 aliphatic carbocycles. The van der Waals surface area contributed by atoms with E-state index in [1.165, 1.54) is 19.3 Å². The van der Waals surface area contributed by atoms with Crippen molar-refractivity contribution in [3.8, 4) is 0 Å². The number of hydrogen-bond acceptors (Lipinski definition) is 2. The van der Waals surface area contributed by atoms with Crippen LogP contribution in [0, 0.1) is 11.8 Å². The van der Waals surface area contributed by atoms with Gasteiger partial charge in [-0.25, -0.2) is 4.98 Å². The average molecular weight is 278 g/mol. The molecule has 2 unspecified atom stereocenters. The number of benzene rings is 1. The van der Waals surface area contributed by atoms with Crippen molar-refractivity contribution in [2.24, 2.45) is 11.8 Å². The molecule has 1 saturated carbocycles. The number of fused-ring (bicyclic) bond motifs is 1. The number of aromatic nitrogens is 2. The molecule has 1 aromatic carbocycles. The summed E-state index contributed by atoms with van der Waals surface area (Å²) >= 11 is 6.21. The number of nitrogens with two attached hydrogens (primary N) is 1. The van der Waals surface area contributed by atoms with Crippen LogP contribution in [0.2, 0.25) is 5.02 Å². The molecule has 0 amide bonds. The van der Waals surface area contributed by atoms with Gasteiger partial charge < -0.3 is 10.3 Å². The summed E-state index contributed by atoms with van der Waals surface area (Å²) in [6, 6.07) is 6.35. The van der Waals surface area contributed by atoms with Crippen LogP contribution >= 0.6 is 11.6 Å². The predicted molar refractivity (Wildman–Crippen MR) is 80.4 cm³/mol. The smallest absolute Gasteiger partial charge is 0.201 e. The van der Waals surface area contributed by atoms with E-state index in [-0.39, 0.29) is 0 Å². The molecule has 3 rings (SSSR count). The SMILES string of the molecule is CC1CC(C)CC(n2c(N)nc3c(Cl)cccc32)C1. The highest BCUT2D eigenvalue weighted by Gasteiger charge is 2.27. The Morgan fingerprint density at radius 1 is 1.21 bits per heavy atom. The van der Waals surface area contributed by atoms with Crippen molar-refractivity contribution in [2.45, 2.75) is 39.2 Å². The van der Waals surface area contributed by atoms with Crippen LogP contribution in [0.15, 0.2) is 18.2 Å². The lowest BCUT2D eigenvalue weighted by Gasteiger charge is -2.33. The number of nitrogen functional groups attached to an aromatic ring is 1. The first-order valence-corrected chi connectivity index (χ1v) is 7.36. The molecule has 19 heavy (non-hydrogen) atoms. The van der Waals surface area contributed by atoms with Gasteiger partial charge in [0, 0.05) is 6.04 Å². The Morgan fingerprint density at radius 3 is 2.58 bits per heavy atom.